The average Bonchev–Trinajstić information content (AvgIpc) is 3.48. The molecule has 1 N–H and O–H groups in total. The van der Waals surface area contributed by atoms with Gasteiger partial charge in [0.25, 0.3) is 0 Å². The van der Waals surface area contributed by atoms with Gasteiger partial charge in [-0.3, -0.25) is 0 Å². The zero-order valence-corrected chi connectivity index (χ0v) is 26.5. The van der Waals surface area contributed by atoms with E-state index >= 15 is 4.39 Å². The SMILES string of the molecule is CCS(=O)(=O)CCOCCCC1(c2cc3c(Nc4ccc(OCc5cccc(F)c5)c(Br)c4)ncnc3cc2F)CC=CO1. The van der Waals surface area contributed by atoms with Crippen molar-refractivity contribution >= 4 is 48.2 Å². The summed E-state index contributed by atoms with van der Waals surface area (Å²) in [6, 6.07) is 14.8. The minimum atomic E-state index is -3.10. The van der Waals surface area contributed by atoms with Gasteiger partial charge in [-0.15, -0.1) is 0 Å². The molecule has 0 saturated heterocycles. The molecule has 1 atom stereocenters. The summed E-state index contributed by atoms with van der Waals surface area (Å²) < 4.78 is 70.6. The van der Waals surface area contributed by atoms with Gasteiger partial charge in [-0.1, -0.05) is 19.1 Å². The molecule has 3 aromatic carbocycles. The molecule has 0 radical (unpaired) electrons. The molecule has 8 nitrogen and oxygen atoms in total. The Morgan fingerprint density at radius 2 is 1.95 bits per heavy atom. The lowest BCUT2D eigenvalue weighted by Gasteiger charge is -2.30. The number of nitrogens with one attached hydrogen (secondary N) is 1. The Labute approximate surface area is 263 Å². The van der Waals surface area contributed by atoms with E-state index in [9.17, 15) is 12.8 Å². The van der Waals surface area contributed by atoms with Crippen LogP contribution in [0.5, 0.6) is 5.75 Å². The second kappa shape index (κ2) is 14.0. The van der Waals surface area contributed by atoms with Gasteiger partial charge in [-0.25, -0.2) is 27.2 Å². The maximum absolute atomic E-state index is 15.6. The van der Waals surface area contributed by atoms with Crippen molar-refractivity contribution in [2.75, 3.05) is 30.0 Å². The van der Waals surface area contributed by atoms with Crippen LogP contribution in [0.15, 0.2) is 77.7 Å². The van der Waals surface area contributed by atoms with Crippen molar-refractivity contribution in [2.24, 2.45) is 0 Å². The molecule has 4 aromatic rings. The Hall–Kier alpha value is -3.61. The van der Waals surface area contributed by atoms with Gasteiger partial charge in [0.1, 0.15) is 41.7 Å². The fourth-order valence-corrected chi connectivity index (χ4v) is 6.13. The highest BCUT2D eigenvalue weighted by Crippen LogP contribution is 2.42. The van der Waals surface area contributed by atoms with Crippen LogP contribution < -0.4 is 10.1 Å². The second-order valence-corrected chi connectivity index (χ2v) is 13.7. The van der Waals surface area contributed by atoms with Gasteiger partial charge in [0, 0.05) is 41.5 Å². The van der Waals surface area contributed by atoms with E-state index in [0.29, 0.717) is 69.6 Å². The summed E-state index contributed by atoms with van der Waals surface area (Å²) in [5, 5.41) is 3.91. The predicted molar refractivity (Wildman–Crippen MR) is 169 cm³/mol. The molecule has 232 valence electrons. The number of ether oxygens (including phenoxy) is 3. The van der Waals surface area contributed by atoms with Crippen molar-refractivity contribution in [1.82, 2.24) is 9.97 Å². The first-order valence-electron chi connectivity index (χ1n) is 14.2. The van der Waals surface area contributed by atoms with Gasteiger partial charge in [0.05, 0.1) is 28.6 Å². The van der Waals surface area contributed by atoms with E-state index < -0.39 is 21.3 Å². The summed E-state index contributed by atoms with van der Waals surface area (Å²) in [5.41, 5.74) is 1.29. The maximum Gasteiger partial charge on any atom is 0.152 e. The van der Waals surface area contributed by atoms with E-state index in [1.54, 1.807) is 37.5 Å². The Morgan fingerprint density at radius 1 is 1.09 bits per heavy atom. The van der Waals surface area contributed by atoms with Crippen LogP contribution in [0, 0.1) is 11.6 Å². The van der Waals surface area contributed by atoms with Gasteiger partial charge in [0.15, 0.2) is 9.84 Å². The third-order valence-corrected chi connectivity index (χ3v) is 9.67. The summed E-state index contributed by atoms with van der Waals surface area (Å²) in [6.45, 7) is 2.26. The molecular weight excluding hydrogens is 656 g/mol. The van der Waals surface area contributed by atoms with Gasteiger partial charge in [-0.2, -0.15) is 0 Å². The Bertz CT molecular complexity index is 1760. The molecule has 0 fully saturated rings. The van der Waals surface area contributed by atoms with E-state index in [0.717, 1.165) is 0 Å². The van der Waals surface area contributed by atoms with Crippen LogP contribution >= 0.6 is 15.9 Å². The first-order valence-corrected chi connectivity index (χ1v) is 16.8. The fraction of sp³-hybridized carbons (Fsp3) is 0.312. The minimum absolute atomic E-state index is 0.0248. The molecule has 0 saturated carbocycles. The molecule has 1 unspecified atom stereocenters. The van der Waals surface area contributed by atoms with Crippen molar-refractivity contribution in [3.8, 4) is 5.75 Å². The number of nitrogens with zero attached hydrogens (tertiary/aromatic N) is 2. The quantitative estimate of drug-likeness (QED) is 0.137. The van der Waals surface area contributed by atoms with Crippen LogP contribution in [0.3, 0.4) is 0 Å². The highest BCUT2D eigenvalue weighted by Gasteiger charge is 2.38. The number of aromatic nitrogens is 2. The zero-order chi connectivity index (χ0) is 31.2. The van der Waals surface area contributed by atoms with Crippen LogP contribution in [0.2, 0.25) is 0 Å². The lowest BCUT2D eigenvalue weighted by Crippen LogP contribution is -2.27. The monoisotopic (exact) mass is 687 g/mol. The van der Waals surface area contributed by atoms with Crippen LogP contribution in [0.1, 0.15) is 37.3 Å². The van der Waals surface area contributed by atoms with Gasteiger partial charge < -0.3 is 19.5 Å². The summed E-state index contributed by atoms with van der Waals surface area (Å²) in [7, 11) is -3.10. The number of benzene rings is 3. The van der Waals surface area contributed by atoms with Gasteiger partial charge >= 0.3 is 0 Å². The zero-order valence-electron chi connectivity index (χ0n) is 24.1. The van der Waals surface area contributed by atoms with Crippen molar-refractivity contribution in [2.45, 2.75) is 38.4 Å². The highest BCUT2D eigenvalue weighted by atomic mass is 79.9. The Morgan fingerprint density at radius 3 is 2.70 bits per heavy atom. The van der Waals surface area contributed by atoms with Crippen LogP contribution in [-0.2, 0) is 31.5 Å². The standard InChI is InChI=1S/C32H32BrF2N3O5S/c1-2-44(39,40)15-14-41-12-4-10-32(11-5-13-43-32)26-18-25-29(19-28(26)35)36-21-37-31(25)38-24-8-9-30(27(33)17-24)42-20-22-6-3-7-23(34)16-22/h3,5-9,13,16-19,21H,2,4,10-12,14-15,20H2,1H3,(H,36,37,38). The molecule has 12 heteroatoms. The third-order valence-electron chi connectivity index (χ3n) is 7.38. The lowest BCUT2D eigenvalue weighted by molar-refractivity contribution is 0.0181. The summed E-state index contributed by atoms with van der Waals surface area (Å²) in [4.78, 5) is 8.70. The van der Waals surface area contributed by atoms with E-state index in [2.05, 4.69) is 31.2 Å². The van der Waals surface area contributed by atoms with E-state index in [-0.39, 0.29) is 30.5 Å². The average molecular weight is 689 g/mol. The van der Waals surface area contributed by atoms with E-state index in [1.807, 2.05) is 18.2 Å². The van der Waals surface area contributed by atoms with E-state index in [1.165, 1.54) is 24.5 Å². The molecule has 0 spiro atoms. The largest absolute Gasteiger partial charge is 0.490 e. The fourth-order valence-electron chi connectivity index (χ4n) is 4.97. The molecule has 2 heterocycles. The number of sulfone groups is 1. The number of rotatable bonds is 14. The Kier molecular flexibility index (Phi) is 10.1. The normalized spacial score (nSPS) is 16.3. The van der Waals surface area contributed by atoms with Crippen molar-refractivity contribution in [3.63, 3.8) is 0 Å². The first kappa shape index (κ1) is 31.8. The molecule has 5 rings (SSSR count). The Balaban J connectivity index is 1.31. The lowest BCUT2D eigenvalue weighted by atomic mass is 9.85. The third kappa shape index (κ3) is 7.72. The molecule has 0 aliphatic carbocycles. The highest BCUT2D eigenvalue weighted by molar-refractivity contribution is 9.10. The number of anilines is 2. The van der Waals surface area contributed by atoms with Gasteiger partial charge in [0.2, 0.25) is 0 Å². The minimum Gasteiger partial charge on any atom is -0.490 e. The molecule has 1 aliphatic heterocycles. The number of fused-ring (bicyclic) bond motifs is 1. The van der Waals surface area contributed by atoms with Crippen LogP contribution in [0.4, 0.5) is 20.3 Å². The number of halogens is 3. The van der Waals surface area contributed by atoms with Crippen molar-refractivity contribution in [3.05, 3.63) is 100 Å². The molecule has 1 aliphatic rings. The smallest absolute Gasteiger partial charge is 0.152 e. The summed E-state index contributed by atoms with van der Waals surface area (Å²) in [5.74, 6) is 0.360. The van der Waals surface area contributed by atoms with E-state index in [4.69, 9.17) is 14.2 Å². The molecule has 0 amide bonds. The number of hydrogen-bond acceptors (Lipinski definition) is 8. The van der Waals surface area contributed by atoms with Crippen molar-refractivity contribution < 1.29 is 31.4 Å². The maximum atomic E-state index is 15.6. The topological polar surface area (TPSA) is 99.6 Å². The summed E-state index contributed by atoms with van der Waals surface area (Å²) in [6.07, 6.45) is 6.28. The molecular formula is C32H32BrF2N3O5S. The van der Waals surface area contributed by atoms with Crippen molar-refractivity contribution in [1.29, 1.82) is 0 Å². The van der Waals surface area contributed by atoms with Crippen LogP contribution in [0.25, 0.3) is 10.9 Å². The first-order chi connectivity index (χ1) is 21.2. The molecule has 0 bridgehead atoms. The molecule has 1 aromatic heterocycles. The summed E-state index contributed by atoms with van der Waals surface area (Å²) >= 11 is 3.54. The van der Waals surface area contributed by atoms with Crippen LogP contribution in [-0.4, -0.2) is 43.1 Å². The predicted octanol–water partition coefficient (Wildman–Crippen LogP) is 7.35. The second-order valence-electron chi connectivity index (χ2n) is 10.4. The van der Waals surface area contributed by atoms with Gasteiger partial charge in [-0.05, 0) is 76.8 Å². The molecule has 44 heavy (non-hydrogen) atoms. The number of hydrogen-bond donors (Lipinski definition) is 1.